The van der Waals surface area contributed by atoms with Gasteiger partial charge in [-0.05, 0) is 58.0 Å². The molecule has 4 rings (SSSR count). The molecule has 174 valence electrons. The van der Waals surface area contributed by atoms with E-state index in [1.807, 2.05) is 72.8 Å². The lowest BCUT2D eigenvalue weighted by Crippen LogP contribution is -2.34. The predicted octanol–water partition coefficient (Wildman–Crippen LogP) is 3.21. The maximum absolute atomic E-state index is 12.9. The average Bonchev–Trinajstić information content (AvgIpc) is 3.32. The van der Waals surface area contributed by atoms with Crippen LogP contribution in [0.3, 0.4) is 0 Å². The van der Waals surface area contributed by atoms with Gasteiger partial charge in [-0.1, -0.05) is 36.4 Å². The van der Waals surface area contributed by atoms with Crippen LogP contribution in [0.15, 0.2) is 72.8 Å². The van der Waals surface area contributed by atoms with E-state index in [2.05, 4.69) is 26.2 Å². The number of benzene rings is 3. The number of methoxy groups -OCH3 is 2. The first-order valence-corrected chi connectivity index (χ1v) is 10.7. The molecule has 0 saturated carbocycles. The van der Waals surface area contributed by atoms with Crippen molar-refractivity contribution in [1.82, 2.24) is 25.5 Å². The second-order valence-electron chi connectivity index (χ2n) is 7.61. The minimum Gasteiger partial charge on any atom is -0.497 e. The Kier molecular flexibility index (Phi) is 7.02. The topological polar surface area (TPSA) is 103 Å². The van der Waals surface area contributed by atoms with Gasteiger partial charge < -0.3 is 20.1 Å². The van der Waals surface area contributed by atoms with Gasteiger partial charge in [-0.15, -0.1) is 5.10 Å². The van der Waals surface area contributed by atoms with Crippen LogP contribution in [-0.4, -0.2) is 46.9 Å². The first-order chi connectivity index (χ1) is 16.6. The molecule has 0 saturated heterocycles. The van der Waals surface area contributed by atoms with Crippen LogP contribution in [0.5, 0.6) is 11.5 Å². The second-order valence-corrected chi connectivity index (χ2v) is 7.61. The third kappa shape index (κ3) is 5.32. The van der Waals surface area contributed by atoms with E-state index in [0.29, 0.717) is 5.82 Å². The molecule has 1 heterocycles. The Bertz CT molecular complexity index is 1190. The van der Waals surface area contributed by atoms with Crippen LogP contribution in [-0.2, 0) is 11.8 Å². The van der Waals surface area contributed by atoms with Crippen molar-refractivity contribution in [2.45, 2.75) is 6.04 Å². The summed E-state index contributed by atoms with van der Waals surface area (Å²) in [4.78, 5) is 12.9. The molecule has 1 amide bonds. The van der Waals surface area contributed by atoms with Crippen LogP contribution in [0, 0.1) is 0 Å². The maximum atomic E-state index is 12.9. The number of carbonyl (C=O) groups excluding carboxylic acids is 1. The summed E-state index contributed by atoms with van der Waals surface area (Å²) in [5.41, 5.74) is 3.53. The molecular formula is C25H26N6O3. The van der Waals surface area contributed by atoms with Gasteiger partial charge in [0.05, 0.1) is 26.8 Å². The molecule has 0 aliphatic carbocycles. The van der Waals surface area contributed by atoms with Gasteiger partial charge in [0.15, 0.2) is 5.82 Å². The van der Waals surface area contributed by atoms with Crippen molar-refractivity contribution < 1.29 is 14.3 Å². The zero-order chi connectivity index (χ0) is 23.9. The van der Waals surface area contributed by atoms with Gasteiger partial charge in [-0.25, -0.2) is 4.68 Å². The molecule has 0 aliphatic heterocycles. The highest BCUT2D eigenvalue weighted by molar-refractivity contribution is 5.82. The summed E-state index contributed by atoms with van der Waals surface area (Å²) in [6.07, 6.45) is 0. The molecule has 0 unspecified atom stereocenters. The standard InChI is InChI=1S/C25H26N6O3/c1-31-25(28-29-30-31)19-5-4-6-20(15-19)26-16-23(32)27-24(17-7-11-21(33-2)12-8-17)18-9-13-22(34-3)14-10-18/h4-15,24,26H,16H2,1-3H3,(H,27,32). The largest absolute Gasteiger partial charge is 0.497 e. The number of tetrazole rings is 1. The number of aromatic nitrogens is 4. The fourth-order valence-corrected chi connectivity index (χ4v) is 3.59. The van der Waals surface area contributed by atoms with E-state index in [-0.39, 0.29) is 18.5 Å². The molecule has 0 bridgehead atoms. The monoisotopic (exact) mass is 458 g/mol. The molecule has 9 heteroatoms. The SMILES string of the molecule is COc1ccc(C(NC(=O)CNc2cccc(-c3nnnn3C)c2)c2ccc(OC)cc2)cc1. The molecule has 0 radical (unpaired) electrons. The Morgan fingerprint density at radius 1 is 0.941 bits per heavy atom. The molecule has 34 heavy (non-hydrogen) atoms. The molecule has 0 fully saturated rings. The number of anilines is 1. The van der Waals surface area contributed by atoms with Crippen LogP contribution >= 0.6 is 0 Å². The molecule has 4 aromatic rings. The molecule has 3 aromatic carbocycles. The average molecular weight is 459 g/mol. The van der Waals surface area contributed by atoms with Gasteiger partial charge in [0, 0.05) is 18.3 Å². The number of hydrogen-bond donors (Lipinski definition) is 2. The van der Waals surface area contributed by atoms with Crippen LogP contribution in [0.4, 0.5) is 5.69 Å². The molecule has 0 spiro atoms. The van der Waals surface area contributed by atoms with Crippen molar-refractivity contribution in [2.75, 3.05) is 26.1 Å². The zero-order valence-corrected chi connectivity index (χ0v) is 19.2. The van der Waals surface area contributed by atoms with Crippen LogP contribution in [0.1, 0.15) is 17.2 Å². The minimum atomic E-state index is -0.331. The minimum absolute atomic E-state index is 0.101. The van der Waals surface area contributed by atoms with Crippen molar-refractivity contribution in [3.8, 4) is 22.9 Å². The number of ether oxygens (including phenoxy) is 2. The van der Waals surface area contributed by atoms with Crippen LogP contribution < -0.4 is 20.1 Å². The lowest BCUT2D eigenvalue weighted by molar-refractivity contribution is -0.119. The second kappa shape index (κ2) is 10.5. The number of hydrogen-bond acceptors (Lipinski definition) is 7. The molecular weight excluding hydrogens is 432 g/mol. The fourth-order valence-electron chi connectivity index (χ4n) is 3.59. The number of amides is 1. The number of nitrogens with zero attached hydrogens (tertiary/aromatic N) is 4. The summed E-state index contributed by atoms with van der Waals surface area (Å²) in [6, 6.07) is 22.6. The predicted molar refractivity (Wildman–Crippen MR) is 129 cm³/mol. The first-order valence-electron chi connectivity index (χ1n) is 10.7. The van der Waals surface area contributed by atoms with E-state index in [9.17, 15) is 4.79 Å². The normalized spacial score (nSPS) is 10.7. The van der Waals surface area contributed by atoms with Gasteiger partial charge in [0.25, 0.3) is 0 Å². The Morgan fingerprint density at radius 2 is 1.56 bits per heavy atom. The highest BCUT2D eigenvalue weighted by Crippen LogP contribution is 2.26. The van der Waals surface area contributed by atoms with Crippen LogP contribution in [0.25, 0.3) is 11.4 Å². The van der Waals surface area contributed by atoms with Crippen molar-refractivity contribution in [1.29, 1.82) is 0 Å². The lowest BCUT2D eigenvalue weighted by atomic mass is 9.98. The lowest BCUT2D eigenvalue weighted by Gasteiger charge is -2.21. The summed E-state index contributed by atoms with van der Waals surface area (Å²) < 4.78 is 12.1. The van der Waals surface area contributed by atoms with Gasteiger partial charge in [0.1, 0.15) is 11.5 Å². The fraction of sp³-hybridized carbons (Fsp3) is 0.200. The highest BCUT2D eigenvalue weighted by atomic mass is 16.5. The summed E-state index contributed by atoms with van der Waals surface area (Å²) in [7, 11) is 5.03. The Hall–Kier alpha value is -4.40. The highest BCUT2D eigenvalue weighted by Gasteiger charge is 2.17. The molecule has 2 N–H and O–H groups in total. The quantitative estimate of drug-likeness (QED) is 0.397. The number of aryl methyl sites for hydroxylation is 1. The number of nitrogens with one attached hydrogen (secondary N) is 2. The van der Waals surface area contributed by atoms with Crippen molar-refractivity contribution in [2.24, 2.45) is 7.05 Å². The Balaban J connectivity index is 1.48. The Labute approximate surface area is 197 Å². The van der Waals surface area contributed by atoms with Crippen molar-refractivity contribution in [3.05, 3.63) is 83.9 Å². The van der Waals surface area contributed by atoms with E-state index < -0.39 is 0 Å². The number of carbonyl (C=O) groups is 1. The van der Waals surface area contributed by atoms with E-state index in [1.165, 1.54) is 0 Å². The van der Waals surface area contributed by atoms with Crippen LogP contribution in [0.2, 0.25) is 0 Å². The van der Waals surface area contributed by atoms with Gasteiger partial charge in [0.2, 0.25) is 5.91 Å². The molecule has 9 nitrogen and oxygen atoms in total. The van der Waals surface area contributed by atoms with Crippen molar-refractivity contribution in [3.63, 3.8) is 0 Å². The summed E-state index contributed by atoms with van der Waals surface area (Å²) >= 11 is 0. The summed E-state index contributed by atoms with van der Waals surface area (Å²) in [6.45, 7) is 0.101. The van der Waals surface area contributed by atoms with Gasteiger partial charge in [-0.3, -0.25) is 4.79 Å². The van der Waals surface area contributed by atoms with E-state index in [0.717, 1.165) is 33.9 Å². The van der Waals surface area contributed by atoms with Gasteiger partial charge >= 0.3 is 0 Å². The summed E-state index contributed by atoms with van der Waals surface area (Å²) in [5.74, 6) is 2.00. The zero-order valence-electron chi connectivity index (χ0n) is 19.2. The third-order valence-corrected chi connectivity index (χ3v) is 5.40. The van der Waals surface area contributed by atoms with E-state index in [1.54, 1.807) is 25.9 Å². The molecule has 0 atom stereocenters. The summed E-state index contributed by atoms with van der Waals surface area (Å²) in [5, 5.41) is 17.9. The molecule has 1 aromatic heterocycles. The third-order valence-electron chi connectivity index (χ3n) is 5.40. The Morgan fingerprint density at radius 3 is 2.09 bits per heavy atom. The maximum Gasteiger partial charge on any atom is 0.240 e. The van der Waals surface area contributed by atoms with E-state index in [4.69, 9.17) is 9.47 Å². The van der Waals surface area contributed by atoms with Crippen molar-refractivity contribution >= 4 is 11.6 Å². The number of rotatable bonds is 9. The first kappa shape index (κ1) is 22.8. The van der Waals surface area contributed by atoms with E-state index >= 15 is 0 Å². The molecule has 0 aliphatic rings. The smallest absolute Gasteiger partial charge is 0.240 e. The van der Waals surface area contributed by atoms with Gasteiger partial charge in [-0.2, -0.15) is 0 Å².